The zero-order valence-corrected chi connectivity index (χ0v) is 8.98. The van der Waals surface area contributed by atoms with Crippen LogP contribution in [0.1, 0.15) is 17.3 Å². The lowest BCUT2D eigenvalue weighted by atomic mass is 10.2. The van der Waals surface area contributed by atoms with Crippen molar-refractivity contribution < 1.29 is 36.2 Å². The fraction of sp³-hybridized carbons (Fsp3) is 0.300. The van der Waals surface area contributed by atoms with Gasteiger partial charge in [0, 0.05) is 0 Å². The Hall–Kier alpha value is -1.86. The number of halogens is 5. The highest BCUT2D eigenvalue weighted by Gasteiger charge is 2.26. The summed E-state index contributed by atoms with van der Waals surface area (Å²) in [5.74, 6) is -8.36. The summed E-state index contributed by atoms with van der Waals surface area (Å²) < 4.78 is 71.1. The molecule has 1 aromatic carbocycles. The molecule has 1 aromatic rings. The molecule has 100 valence electrons. The van der Waals surface area contributed by atoms with Crippen LogP contribution in [0.5, 0.6) is 5.75 Å². The predicted octanol–water partition coefficient (Wildman–Crippen LogP) is 2.88. The lowest BCUT2D eigenvalue weighted by Crippen LogP contribution is -2.13. The summed E-state index contributed by atoms with van der Waals surface area (Å²) in [7, 11) is 0. The maximum Gasteiger partial charge on any atom is 0.387 e. The zero-order valence-electron chi connectivity index (χ0n) is 8.98. The highest BCUT2D eigenvalue weighted by Crippen LogP contribution is 2.29. The molecule has 0 N–H and O–H groups in total. The summed E-state index contributed by atoms with van der Waals surface area (Å²) in [6.07, 6.45) is 0. The van der Waals surface area contributed by atoms with Crippen LogP contribution in [0, 0.1) is 17.5 Å². The van der Waals surface area contributed by atoms with Gasteiger partial charge in [-0.25, -0.2) is 13.6 Å². The lowest BCUT2D eigenvalue weighted by molar-refractivity contribution is -0.0551. The Balaban J connectivity index is 3.29. The lowest BCUT2D eigenvalue weighted by Gasteiger charge is -2.10. The third-order valence-electron chi connectivity index (χ3n) is 1.82. The van der Waals surface area contributed by atoms with Gasteiger partial charge in [-0.3, -0.25) is 0 Å². The van der Waals surface area contributed by atoms with E-state index >= 15 is 0 Å². The van der Waals surface area contributed by atoms with E-state index in [0.29, 0.717) is 0 Å². The van der Waals surface area contributed by atoms with Gasteiger partial charge in [0.05, 0.1) is 6.61 Å². The maximum absolute atomic E-state index is 13.5. The summed E-state index contributed by atoms with van der Waals surface area (Å²) in [6.45, 7) is -2.32. The Morgan fingerprint density at radius 1 is 1.28 bits per heavy atom. The predicted molar refractivity (Wildman–Crippen MR) is 48.9 cm³/mol. The first-order valence-corrected chi connectivity index (χ1v) is 4.67. The van der Waals surface area contributed by atoms with Crippen molar-refractivity contribution in [3.8, 4) is 5.75 Å². The Morgan fingerprint density at radius 2 is 1.89 bits per heavy atom. The fourth-order valence-electron chi connectivity index (χ4n) is 1.13. The van der Waals surface area contributed by atoms with Gasteiger partial charge in [-0.1, -0.05) is 0 Å². The largest absolute Gasteiger partial charge is 0.462 e. The Labute approximate surface area is 98.1 Å². The molecule has 0 heterocycles. The molecule has 0 unspecified atom stereocenters. The normalized spacial score (nSPS) is 10.6. The summed E-state index contributed by atoms with van der Waals surface area (Å²) in [5, 5.41) is 0. The quantitative estimate of drug-likeness (QED) is 0.479. The van der Waals surface area contributed by atoms with Crippen molar-refractivity contribution >= 4 is 5.97 Å². The molecule has 1 rings (SSSR count). The number of benzene rings is 1. The van der Waals surface area contributed by atoms with Crippen molar-refractivity contribution in [3.63, 3.8) is 0 Å². The minimum absolute atomic E-state index is 0.150. The first-order valence-electron chi connectivity index (χ1n) is 4.67. The van der Waals surface area contributed by atoms with Gasteiger partial charge in [0.2, 0.25) is 11.6 Å². The van der Waals surface area contributed by atoms with E-state index in [1.807, 2.05) is 0 Å². The number of ether oxygens (including phenoxy) is 2. The number of hydrogen-bond acceptors (Lipinski definition) is 3. The number of carbonyl (C=O) groups is 1. The summed E-state index contributed by atoms with van der Waals surface area (Å²) in [6, 6.07) is 0.209. The third-order valence-corrected chi connectivity index (χ3v) is 1.82. The molecule has 0 aromatic heterocycles. The second kappa shape index (κ2) is 5.65. The molecule has 0 saturated carbocycles. The van der Waals surface area contributed by atoms with E-state index in [1.54, 1.807) is 0 Å². The molecule has 0 bridgehead atoms. The van der Waals surface area contributed by atoms with E-state index < -0.39 is 41.3 Å². The van der Waals surface area contributed by atoms with E-state index in [1.165, 1.54) is 6.92 Å². The summed E-state index contributed by atoms with van der Waals surface area (Å²) in [4.78, 5) is 11.2. The van der Waals surface area contributed by atoms with E-state index in [-0.39, 0.29) is 12.7 Å². The molecule has 18 heavy (non-hydrogen) atoms. The molecule has 0 radical (unpaired) electrons. The van der Waals surface area contributed by atoms with Crippen LogP contribution in [0.3, 0.4) is 0 Å². The minimum atomic E-state index is -3.56. The highest BCUT2D eigenvalue weighted by molar-refractivity contribution is 5.90. The van der Waals surface area contributed by atoms with Crippen molar-refractivity contribution in [3.05, 3.63) is 29.1 Å². The van der Waals surface area contributed by atoms with Crippen LogP contribution >= 0.6 is 0 Å². The molecule has 0 aliphatic heterocycles. The Bertz CT molecular complexity index is 461. The van der Waals surface area contributed by atoms with Gasteiger partial charge in [0.15, 0.2) is 11.6 Å². The van der Waals surface area contributed by atoms with Crippen molar-refractivity contribution in [2.24, 2.45) is 0 Å². The molecular formula is C10H7F5O3. The van der Waals surface area contributed by atoms with Crippen LogP contribution in [0.25, 0.3) is 0 Å². The van der Waals surface area contributed by atoms with Gasteiger partial charge in [-0.05, 0) is 13.0 Å². The van der Waals surface area contributed by atoms with Crippen molar-refractivity contribution in [1.82, 2.24) is 0 Å². The highest BCUT2D eigenvalue weighted by atomic mass is 19.3. The molecule has 0 aliphatic carbocycles. The van der Waals surface area contributed by atoms with Crippen molar-refractivity contribution in [2.45, 2.75) is 13.5 Å². The zero-order chi connectivity index (χ0) is 13.9. The fourth-order valence-corrected chi connectivity index (χ4v) is 1.13. The number of esters is 1. The standard InChI is InChI=1S/C10H7F5O3/c1-2-17-9(16)4-3-5(11)7(13)8(6(4)12)18-10(14)15/h3,10H,2H2,1H3. The molecule has 0 aliphatic rings. The summed E-state index contributed by atoms with van der Waals surface area (Å²) in [5.41, 5.74) is -1.02. The van der Waals surface area contributed by atoms with Gasteiger partial charge in [-0.2, -0.15) is 13.2 Å². The SMILES string of the molecule is CCOC(=O)c1cc(F)c(F)c(OC(F)F)c1F. The molecule has 0 spiro atoms. The van der Waals surface area contributed by atoms with Crippen LogP contribution in [-0.4, -0.2) is 19.2 Å². The average molecular weight is 270 g/mol. The van der Waals surface area contributed by atoms with Crippen LogP contribution in [-0.2, 0) is 4.74 Å². The monoisotopic (exact) mass is 270 g/mol. The molecule has 3 nitrogen and oxygen atoms in total. The smallest absolute Gasteiger partial charge is 0.387 e. The third kappa shape index (κ3) is 2.88. The first kappa shape index (κ1) is 14.2. The van der Waals surface area contributed by atoms with E-state index in [2.05, 4.69) is 9.47 Å². The number of alkyl halides is 2. The second-order valence-electron chi connectivity index (χ2n) is 2.96. The van der Waals surface area contributed by atoms with E-state index in [9.17, 15) is 26.7 Å². The van der Waals surface area contributed by atoms with Gasteiger partial charge in [0.1, 0.15) is 5.56 Å². The molecule has 0 saturated heterocycles. The number of carbonyl (C=O) groups excluding carboxylic acids is 1. The molecular weight excluding hydrogens is 263 g/mol. The Morgan fingerprint density at radius 3 is 2.39 bits per heavy atom. The molecule has 0 atom stereocenters. The Kier molecular flexibility index (Phi) is 4.46. The van der Waals surface area contributed by atoms with Crippen LogP contribution in [0.2, 0.25) is 0 Å². The van der Waals surface area contributed by atoms with Crippen molar-refractivity contribution in [1.29, 1.82) is 0 Å². The minimum Gasteiger partial charge on any atom is -0.462 e. The van der Waals surface area contributed by atoms with Gasteiger partial charge < -0.3 is 9.47 Å². The average Bonchev–Trinajstić information content (AvgIpc) is 2.29. The second-order valence-corrected chi connectivity index (χ2v) is 2.96. The topological polar surface area (TPSA) is 35.5 Å². The van der Waals surface area contributed by atoms with E-state index in [0.717, 1.165) is 0 Å². The van der Waals surface area contributed by atoms with Crippen LogP contribution < -0.4 is 4.74 Å². The number of hydrogen-bond donors (Lipinski definition) is 0. The van der Waals surface area contributed by atoms with Gasteiger partial charge >= 0.3 is 12.6 Å². The molecule has 0 fully saturated rings. The van der Waals surface area contributed by atoms with Gasteiger partial charge in [0.25, 0.3) is 0 Å². The number of rotatable bonds is 4. The maximum atomic E-state index is 13.5. The molecule has 0 amide bonds. The summed E-state index contributed by atoms with van der Waals surface area (Å²) >= 11 is 0. The first-order chi connectivity index (χ1) is 8.38. The molecule has 8 heteroatoms. The van der Waals surface area contributed by atoms with E-state index in [4.69, 9.17) is 0 Å². The van der Waals surface area contributed by atoms with Crippen LogP contribution in [0.4, 0.5) is 22.0 Å². The van der Waals surface area contributed by atoms with Crippen molar-refractivity contribution in [2.75, 3.05) is 6.61 Å². The van der Waals surface area contributed by atoms with Gasteiger partial charge in [-0.15, -0.1) is 0 Å². The van der Waals surface area contributed by atoms with Crippen LogP contribution in [0.15, 0.2) is 6.07 Å².